The van der Waals surface area contributed by atoms with Gasteiger partial charge < -0.3 is 28.4 Å². The van der Waals surface area contributed by atoms with Crippen LogP contribution in [-0.4, -0.2) is 58.9 Å². The van der Waals surface area contributed by atoms with Gasteiger partial charge in [-0.2, -0.15) is 10.2 Å². The second-order valence-electron chi connectivity index (χ2n) is 10.7. The van der Waals surface area contributed by atoms with Crippen molar-refractivity contribution in [2.24, 2.45) is 20.0 Å². The summed E-state index contributed by atoms with van der Waals surface area (Å²) in [7, 11) is 6.92. The van der Waals surface area contributed by atoms with Gasteiger partial charge in [0.1, 0.15) is 13.2 Å². The van der Waals surface area contributed by atoms with Gasteiger partial charge in [-0.05, 0) is 67.7 Å². The smallest absolute Gasteiger partial charge is 0.330 e. The van der Waals surface area contributed by atoms with Gasteiger partial charge in [-0.3, -0.25) is 14.2 Å². The van der Waals surface area contributed by atoms with E-state index in [1.165, 1.54) is 6.08 Å². The number of aryl methyl sites for hydroxylation is 2. The fourth-order valence-electron chi connectivity index (χ4n) is 4.79. The van der Waals surface area contributed by atoms with E-state index in [4.69, 9.17) is 28.4 Å². The fraction of sp³-hybridized carbons (Fsp3) is 0.371. The number of ether oxygens (including phenoxy) is 6. The predicted octanol–water partition coefficient (Wildman–Crippen LogP) is 5.26. The molecule has 0 saturated heterocycles. The number of hydrogen-bond acceptors (Lipinski definition) is 10. The highest BCUT2D eigenvalue weighted by Crippen LogP contribution is 2.49. The molecule has 1 aliphatic rings. The number of benzene rings is 2. The summed E-state index contributed by atoms with van der Waals surface area (Å²) in [5.41, 5.74) is 3.85. The molecule has 1 saturated carbocycles. The van der Waals surface area contributed by atoms with E-state index < -0.39 is 0 Å². The number of esters is 2. The molecular weight excluding hydrogens is 604 g/mol. The van der Waals surface area contributed by atoms with Crippen LogP contribution < -0.4 is 18.9 Å². The third-order valence-electron chi connectivity index (χ3n) is 7.19. The van der Waals surface area contributed by atoms with Crippen LogP contribution in [0.3, 0.4) is 0 Å². The first-order chi connectivity index (χ1) is 22.7. The van der Waals surface area contributed by atoms with E-state index in [0.717, 1.165) is 28.7 Å². The Kier molecular flexibility index (Phi) is 12.4. The molecule has 12 heteroatoms. The van der Waals surface area contributed by atoms with Gasteiger partial charge in [-0.25, -0.2) is 4.79 Å². The number of rotatable bonds is 14. The molecule has 0 spiro atoms. The lowest BCUT2D eigenvalue weighted by Gasteiger charge is -2.12. The van der Waals surface area contributed by atoms with Gasteiger partial charge in [0.05, 0.1) is 45.7 Å². The average molecular weight is 647 g/mol. The topological polar surface area (TPSA) is 125 Å². The van der Waals surface area contributed by atoms with E-state index >= 15 is 0 Å². The third kappa shape index (κ3) is 10.1. The van der Waals surface area contributed by atoms with Crippen LogP contribution in [0.4, 0.5) is 0 Å². The maximum atomic E-state index is 11.8. The molecule has 2 heterocycles. The lowest BCUT2D eigenvalue weighted by molar-refractivity contribution is -0.144. The third-order valence-corrected chi connectivity index (χ3v) is 7.19. The monoisotopic (exact) mass is 646 g/mol. The van der Waals surface area contributed by atoms with Crippen LogP contribution in [0, 0.1) is 5.92 Å². The number of carbonyl (C=O) groups excluding carboxylic acids is 2. The summed E-state index contributed by atoms with van der Waals surface area (Å²) in [5.74, 6) is 2.26. The molecule has 5 rings (SSSR count). The predicted molar refractivity (Wildman–Crippen MR) is 174 cm³/mol. The van der Waals surface area contributed by atoms with Crippen molar-refractivity contribution in [1.82, 2.24) is 19.6 Å². The summed E-state index contributed by atoms with van der Waals surface area (Å²) < 4.78 is 35.8. The zero-order valence-electron chi connectivity index (χ0n) is 27.7. The van der Waals surface area contributed by atoms with Crippen molar-refractivity contribution < 1.29 is 38.0 Å². The van der Waals surface area contributed by atoms with E-state index in [-0.39, 0.29) is 23.8 Å². The summed E-state index contributed by atoms with van der Waals surface area (Å²) in [5, 5.41) is 8.23. The molecular formula is C35H42N4O8. The molecule has 4 aromatic rings. The molecule has 1 fully saturated rings. The molecule has 2 atom stereocenters. The average Bonchev–Trinajstić information content (AvgIpc) is 3.60. The van der Waals surface area contributed by atoms with Crippen molar-refractivity contribution in [3.8, 4) is 23.0 Å². The van der Waals surface area contributed by atoms with Crippen LogP contribution in [0.5, 0.6) is 23.0 Å². The Morgan fingerprint density at radius 2 is 1.38 bits per heavy atom. The van der Waals surface area contributed by atoms with Gasteiger partial charge >= 0.3 is 11.9 Å². The van der Waals surface area contributed by atoms with Crippen molar-refractivity contribution in [3.63, 3.8) is 0 Å². The zero-order chi connectivity index (χ0) is 33.8. The summed E-state index contributed by atoms with van der Waals surface area (Å²) >= 11 is 0. The van der Waals surface area contributed by atoms with E-state index in [0.29, 0.717) is 49.4 Å². The molecule has 0 radical (unpaired) electrons. The maximum Gasteiger partial charge on any atom is 0.330 e. The minimum absolute atomic E-state index is 0.0375. The first kappa shape index (κ1) is 34.6. The molecule has 0 bridgehead atoms. The normalized spacial score (nSPS) is 14.9. The first-order valence-electron chi connectivity index (χ1n) is 15.3. The first-order valence-corrected chi connectivity index (χ1v) is 15.3. The van der Waals surface area contributed by atoms with Crippen LogP contribution in [0.2, 0.25) is 0 Å². The Labute approximate surface area is 274 Å². The SMILES string of the molecule is CCOC(=O)/C=C/c1ccc(OC)c(OCc2cnn(C)c2)c1.CCOC(=O)C1CC1c1ccc(OC)c(OCc2cnn(C)c2)c1. The van der Waals surface area contributed by atoms with E-state index in [2.05, 4.69) is 10.2 Å². The Hall–Kier alpha value is -5.26. The van der Waals surface area contributed by atoms with E-state index in [1.54, 1.807) is 55.0 Å². The molecule has 0 N–H and O–H groups in total. The minimum atomic E-state index is -0.374. The number of methoxy groups -OCH3 is 2. The summed E-state index contributed by atoms with van der Waals surface area (Å²) in [4.78, 5) is 23.2. The van der Waals surface area contributed by atoms with Crippen LogP contribution in [0.1, 0.15) is 48.4 Å². The van der Waals surface area contributed by atoms with Crippen LogP contribution in [0.15, 0.2) is 67.3 Å². The fourth-order valence-corrected chi connectivity index (χ4v) is 4.79. The highest BCUT2D eigenvalue weighted by molar-refractivity contribution is 5.87. The van der Waals surface area contributed by atoms with E-state index in [1.807, 2.05) is 63.7 Å². The summed E-state index contributed by atoms with van der Waals surface area (Å²) in [6, 6.07) is 11.3. The highest BCUT2D eigenvalue weighted by Gasteiger charge is 2.45. The molecule has 2 aromatic carbocycles. The molecule has 47 heavy (non-hydrogen) atoms. The van der Waals surface area contributed by atoms with Crippen molar-refractivity contribution in [2.45, 2.75) is 39.4 Å². The second-order valence-corrected chi connectivity index (χ2v) is 10.7. The molecule has 2 aromatic heterocycles. The lowest BCUT2D eigenvalue weighted by Crippen LogP contribution is -2.07. The van der Waals surface area contributed by atoms with E-state index in [9.17, 15) is 9.59 Å². The number of hydrogen-bond donors (Lipinski definition) is 0. The quantitative estimate of drug-likeness (QED) is 0.132. The Bertz CT molecular complexity index is 1660. The van der Waals surface area contributed by atoms with Gasteiger partial charge in [-0.1, -0.05) is 12.1 Å². The van der Waals surface area contributed by atoms with Crippen molar-refractivity contribution in [3.05, 3.63) is 89.5 Å². The van der Waals surface area contributed by atoms with Crippen molar-refractivity contribution in [2.75, 3.05) is 27.4 Å². The molecule has 1 aliphatic carbocycles. The molecule has 2 unspecified atom stereocenters. The second kappa shape index (κ2) is 16.9. The van der Waals surface area contributed by atoms with Crippen molar-refractivity contribution >= 4 is 18.0 Å². The van der Waals surface area contributed by atoms with Gasteiger partial charge in [0.25, 0.3) is 0 Å². The number of nitrogens with zero attached hydrogens (tertiary/aromatic N) is 4. The van der Waals surface area contributed by atoms with Gasteiger partial charge in [0.2, 0.25) is 0 Å². The Balaban J connectivity index is 0.000000213. The largest absolute Gasteiger partial charge is 0.493 e. The minimum Gasteiger partial charge on any atom is -0.493 e. The Morgan fingerprint density at radius 1 is 0.809 bits per heavy atom. The Morgan fingerprint density at radius 3 is 1.91 bits per heavy atom. The van der Waals surface area contributed by atoms with Crippen LogP contribution >= 0.6 is 0 Å². The molecule has 12 nitrogen and oxygen atoms in total. The zero-order valence-corrected chi connectivity index (χ0v) is 27.7. The van der Waals surface area contributed by atoms with Gasteiger partial charge in [0.15, 0.2) is 23.0 Å². The maximum absolute atomic E-state index is 11.8. The van der Waals surface area contributed by atoms with Crippen LogP contribution in [-0.2, 0) is 46.4 Å². The van der Waals surface area contributed by atoms with Crippen molar-refractivity contribution in [1.29, 1.82) is 0 Å². The molecule has 0 aliphatic heterocycles. The molecule has 0 amide bonds. The van der Waals surface area contributed by atoms with Gasteiger partial charge in [-0.15, -0.1) is 0 Å². The summed E-state index contributed by atoms with van der Waals surface area (Å²) in [6.45, 7) is 5.17. The highest BCUT2D eigenvalue weighted by atomic mass is 16.5. The lowest BCUT2D eigenvalue weighted by atomic mass is 10.1. The van der Waals surface area contributed by atoms with Crippen LogP contribution in [0.25, 0.3) is 6.08 Å². The standard InChI is InChI=1S/C18H22N2O4.C17H20N2O4/c1-4-23-18(21)15-8-14(15)13-5-6-16(22-3)17(7-13)24-11-12-9-19-20(2)10-12;1-4-22-17(20)8-6-13-5-7-15(21-3)16(9-13)23-12-14-10-18-19(2)11-14/h5-7,9-10,14-15H,4,8,11H2,1-3H3;5-11H,4,12H2,1-3H3/b;8-6+. The summed E-state index contributed by atoms with van der Waals surface area (Å²) in [6.07, 6.45) is 11.2. The number of aromatic nitrogens is 4. The number of carbonyl (C=O) groups is 2. The van der Waals surface area contributed by atoms with Gasteiger partial charge in [0, 0.05) is 43.7 Å². The molecule has 250 valence electrons.